The van der Waals surface area contributed by atoms with E-state index in [0.717, 1.165) is 12.1 Å². The Morgan fingerprint density at radius 2 is 1.95 bits per heavy atom. The molecule has 1 aromatic carbocycles. The molecule has 0 saturated heterocycles. The second-order valence-electron chi connectivity index (χ2n) is 5.19. The highest BCUT2D eigenvalue weighted by atomic mass is 79.9. The normalized spacial score (nSPS) is 23.1. The summed E-state index contributed by atoms with van der Waals surface area (Å²) in [6.45, 7) is 0.795. The summed E-state index contributed by atoms with van der Waals surface area (Å²) in [6, 6.07) is 7.51. The summed E-state index contributed by atoms with van der Waals surface area (Å²) >= 11 is 9.69. The van der Waals surface area contributed by atoms with E-state index in [1.807, 2.05) is 24.3 Å². The highest BCUT2D eigenvalue weighted by Crippen LogP contribution is 2.28. The first-order valence-electron chi connectivity index (χ1n) is 6.79. The lowest BCUT2D eigenvalue weighted by atomic mass is 9.89. The zero-order chi connectivity index (χ0) is 13.7. The SMILES string of the molecule is O=C(Cc1ccccc1Cl)NCC1CCC(Br)CC1. The molecule has 0 unspecified atom stereocenters. The Balaban J connectivity index is 1.74. The molecule has 1 aliphatic rings. The van der Waals surface area contributed by atoms with Gasteiger partial charge < -0.3 is 5.32 Å². The number of rotatable bonds is 4. The highest BCUT2D eigenvalue weighted by molar-refractivity contribution is 9.09. The maximum absolute atomic E-state index is 11.9. The van der Waals surface area contributed by atoms with Crippen molar-refractivity contribution in [3.05, 3.63) is 34.9 Å². The zero-order valence-corrected chi connectivity index (χ0v) is 13.2. The predicted molar refractivity (Wildman–Crippen MR) is 82.8 cm³/mol. The van der Waals surface area contributed by atoms with E-state index >= 15 is 0 Å². The Morgan fingerprint density at radius 1 is 1.26 bits per heavy atom. The van der Waals surface area contributed by atoms with Crippen molar-refractivity contribution in [2.45, 2.75) is 36.9 Å². The Kier molecular flexibility index (Phi) is 5.71. The summed E-state index contributed by atoms with van der Waals surface area (Å²) in [7, 11) is 0. The molecular weight excluding hydrogens is 326 g/mol. The van der Waals surface area contributed by atoms with Gasteiger partial charge in [0.15, 0.2) is 0 Å². The molecular formula is C15H19BrClNO. The van der Waals surface area contributed by atoms with Crippen molar-refractivity contribution in [2.24, 2.45) is 5.92 Å². The Hall–Kier alpha value is -0.540. The smallest absolute Gasteiger partial charge is 0.224 e. The third kappa shape index (κ3) is 4.81. The van der Waals surface area contributed by atoms with Crippen molar-refractivity contribution in [3.63, 3.8) is 0 Å². The molecule has 0 aliphatic heterocycles. The first-order valence-corrected chi connectivity index (χ1v) is 8.08. The molecule has 2 rings (SSSR count). The van der Waals surface area contributed by atoms with E-state index in [0.29, 0.717) is 22.2 Å². The van der Waals surface area contributed by atoms with Crippen molar-refractivity contribution in [1.29, 1.82) is 0 Å². The summed E-state index contributed by atoms with van der Waals surface area (Å²) < 4.78 is 0. The lowest BCUT2D eigenvalue weighted by Gasteiger charge is -2.25. The average molecular weight is 345 g/mol. The largest absolute Gasteiger partial charge is 0.356 e. The quantitative estimate of drug-likeness (QED) is 0.823. The molecule has 1 saturated carbocycles. The van der Waals surface area contributed by atoms with E-state index in [-0.39, 0.29) is 5.91 Å². The lowest BCUT2D eigenvalue weighted by Crippen LogP contribution is -2.32. The minimum absolute atomic E-state index is 0.0639. The molecule has 1 fully saturated rings. The predicted octanol–water partition coefficient (Wildman–Crippen LogP) is 3.95. The molecule has 0 radical (unpaired) electrons. The van der Waals surface area contributed by atoms with Crippen LogP contribution in [0.2, 0.25) is 5.02 Å². The summed E-state index contributed by atoms with van der Waals surface area (Å²) in [4.78, 5) is 12.6. The van der Waals surface area contributed by atoms with Crippen LogP contribution in [-0.4, -0.2) is 17.3 Å². The first-order chi connectivity index (χ1) is 9.15. The van der Waals surface area contributed by atoms with Gasteiger partial charge in [-0.05, 0) is 43.2 Å². The number of hydrogen-bond donors (Lipinski definition) is 1. The second kappa shape index (κ2) is 7.30. The highest BCUT2D eigenvalue weighted by Gasteiger charge is 2.19. The van der Waals surface area contributed by atoms with Gasteiger partial charge in [0, 0.05) is 16.4 Å². The molecule has 0 spiro atoms. The van der Waals surface area contributed by atoms with Crippen LogP contribution in [0.25, 0.3) is 0 Å². The molecule has 1 aromatic rings. The third-order valence-electron chi connectivity index (χ3n) is 3.67. The topological polar surface area (TPSA) is 29.1 Å². The Labute approximate surface area is 128 Å². The molecule has 0 heterocycles. The monoisotopic (exact) mass is 343 g/mol. The van der Waals surface area contributed by atoms with Crippen molar-refractivity contribution in [3.8, 4) is 0 Å². The third-order valence-corrected chi connectivity index (χ3v) is 4.96. The number of nitrogens with one attached hydrogen (secondary N) is 1. The van der Waals surface area contributed by atoms with Crippen LogP contribution in [0.1, 0.15) is 31.2 Å². The van der Waals surface area contributed by atoms with Gasteiger partial charge in [-0.1, -0.05) is 45.7 Å². The number of carbonyl (C=O) groups is 1. The van der Waals surface area contributed by atoms with Crippen LogP contribution in [0.5, 0.6) is 0 Å². The van der Waals surface area contributed by atoms with Crippen LogP contribution in [-0.2, 0) is 11.2 Å². The van der Waals surface area contributed by atoms with Crippen molar-refractivity contribution in [2.75, 3.05) is 6.54 Å². The van der Waals surface area contributed by atoms with Gasteiger partial charge in [-0.3, -0.25) is 4.79 Å². The van der Waals surface area contributed by atoms with Gasteiger partial charge in [0.25, 0.3) is 0 Å². The Bertz CT molecular complexity index is 430. The number of carbonyl (C=O) groups excluding carboxylic acids is 1. The fraction of sp³-hybridized carbons (Fsp3) is 0.533. The fourth-order valence-corrected chi connectivity index (χ4v) is 3.19. The average Bonchev–Trinajstić information content (AvgIpc) is 2.41. The summed E-state index contributed by atoms with van der Waals surface area (Å²) in [5.41, 5.74) is 0.894. The maximum atomic E-state index is 11.9. The van der Waals surface area contributed by atoms with Crippen LogP contribution >= 0.6 is 27.5 Å². The van der Waals surface area contributed by atoms with Crippen LogP contribution < -0.4 is 5.32 Å². The summed E-state index contributed by atoms with van der Waals surface area (Å²) in [6.07, 6.45) is 5.19. The van der Waals surface area contributed by atoms with Gasteiger partial charge in [0.05, 0.1) is 6.42 Å². The zero-order valence-electron chi connectivity index (χ0n) is 10.9. The minimum atomic E-state index is 0.0639. The molecule has 1 amide bonds. The number of halogens is 2. The van der Waals surface area contributed by atoms with Gasteiger partial charge in [-0.2, -0.15) is 0 Å². The number of benzene rings is 1. The van der Waals surface area contributed by atoms with Gasteiger partial charge in [0.2, 0.25) is 5.91 Å². The van der Waals surface area contributed by atoms with E-state index in [9.17, 15) is 4.79 Å². The molecule has 104 valence electrons. The number of amides is 1. The van der Waals surface area contributed by atoms with Crippen molar-refractivity contribution in [1.82, 2.24) is 5.32 Å². The molecule has 1 aliphatic carbocycles. The van der Waals surface area contributed by atoms with E-state index in [1.54, 1.807) is 0 Å². The van der Waals surface area contributed by atoms with Gasteiger partial charge in [0.1, 0.15) is 0 Å². The van der Waals surface area contributed by atoms with E-state index in [1.165, 1.54) is 25.7 Å². The van der Waals surface area contributed by atoms with Crippen LogP contribution in [0, 0.1) is 5.92 Å². The van der Waals surface area contributed by atoms with E-state index < -0.39 is 0 Å². The molecule has 19 heavy (non-hydrogen) atoms. The summed E-state index contributed by atoms with van der Waals surface area (Å²) in [5.74, 6) is 0.693. The van der Waals surface area contributed by atoms with Gasteiger partial charge in [-0.15, -0.1) is 0 Å². The molecule has 4 heteroatoms. The van der Waals surface area contributed by atoms with E-state index in [4.69, 9.17) is 11.6 Å². The minimum Gasteiger partial charge on any atom is -0.356 e. The molecule has 0 atom stereocenters. The van der Waals surface area contributed by atoms with Crippen LogP contribution in [0.4, 0.5) is 0 Å². The molecule has 1 N–H and O–H groups in total. The van der Waals surface area contributed by atoms with Gasteiger partial charge >= 0.3 is 0 Å². The van der Waals surface area contributed by atoms with Crippen LogP contribution in [0.15, 0.2) is 24.3 Å². The molecule has 2 nitrogen and oxygen atoms in total. The number of alkyl halides is 1. The maximum Gasteiger partial charge on any atom is 0.224 e. The summed E-state index contributed by atoms with van der Waals surface area (Å²) in [5, 5.41) is 3.69. The Morgan fingerprint density at radius 3 is 2.63 bits per heavy atom. The van der Waals surface area contributed by atoms with Gasteiger partial charge in [-0.25, -0.2) is 0 Å². The standard InChI is InChI=1S/C15H19BrClNO/c16-13-7-5-11(6-8-13)10-18-15(19)9-12-3-1-2-4-14(12)17/h1-4,11,13H,5-10H2,(H,18,19). The van der Waals surface area contributed by atoms with E-state index in [2.05, 4.69) is 21.2 Å². The lowest BCUT2D eigenvalue weighted by molar-refractivity contribution is -0.120. The van der Waals surface area contributed by atoms with Crippen molar-refractivity contribution < 1.29 is 4.79 Å². The second-order valence-corrected chi connectivity index (χ2v) is 6.89. The number of hydrogen-bond acceptors (Lipinski definition) is 1. The first kappa shape index (κ1) is 14.9. The fourth-order valence-electron chi connectivity index (χ4n) is 2.46. The van der Waals surface area contributed by atoms with Crippen molar-refractivity contribution >= 4 is 33.4 Å². The molecule has 0 aromatic heterocycles. The van der Waals surface area contributed by atoms with Crippen LogP contribution in [0.3, 0.4) is 0 Å². The molecule has 0 bridgehead atoms.